The zero-order chi connectivity index (χ0) is 20.2. The summed E-state index contributed by atoms with van der Waals surface area (Å²) in [6.07, 6.45) is -3.53. The highest BCUT2D eigenvalue weighted by atomic mass is 19.4. The standard InChI is InChI=1S/C17H18F3N3O4/c1-16(10-27-2,9-14(24)25)21-15(26)13-6-7-23(22-13)12-5-3-4-11(8-12)17(18,19)20/h3-8H,9-10H2,1-2H3,(H,21,26)(H,24,25). The Bertz CT molecular complexity index is 835. The second kappa shape index (κ2) is 7.78. The fourth-order valence-electron chi connectivity index (χ4n) is 2.54. The number of hydrogen-bond acceptors (Lipinski definition) is 4. The number of nitrogens with zero attached hydrogens (tertiary/aromatic N) is 2. The van der Waals surface area contributed by atoms with Gasteiger partial charge in [-0.05, 0) is 31.2 Å². The molecule has 0 fully saturated rings. The van der Waals surface area contributed by atoms with E-state index < -0.39 is 29.2 Å². The molecule has 0 saturated carbocycles. The van der Waals surface area contributed by atoms with Crippen LogP contribution in [0.4, 0.5) is 13.2 Å². The largest absolute Gasteiger partial charge is 0.481 e. The minimum atomic E-state index is -4.50. The Morgan fingerprint density at radius 1 is 1.30 bits per heavy atom. The van der Waals surface area contributed by atoms with Gasteiger partial charge >= 0.3 is 12.1 Å². The molecule has 0 aliphatic rings. The number of carboxylic acid groups (broad SMARTS) is 1. The van der Waals surface area contributed by atoms with E-state index in [-0.39, 0.29) is 24.4 Å². The van der Waals surface area contributed by atoms with Crippen LogP contribution in [-0.2, 0) is 15.7 Å². The molecule has 2 aromatic rings. The summed E-state index contributed by atoms with van der Waals surface area (Å²) in [6.45, 7) is 1.46. The summed E-state index contributed by atoms with van der Waals surface area (Å²) in [6, 6.07) is 5.83. The third kappa shape index (κ3) is 5.30. The number of alkyl halides is 3. The molecule has 7 nitrogen and oxygen atoms in total. The number of aliphatic carboxylic acids is 1. The molecule has 2 rings (SSSR count). The van der Waals surface area contributed by atoms with Crippen molar-refractivity contribution in [2.24, 2.45) is 0 Å². The van der Waals surface area contributed by atoms with E-state index in [0.29, 0.717) is 0 Å². The minimum Gasteiger partial charge on any atom is -0.481 e. The van der Waals surface area contributed by atoms with Gasteiger partial charge in [-0.15, -0.1) is 0 Å². The monoisotopic (exact) mass is 385 g/mol. The second-order valence-electron chi connectivity index (χ2n) is 6.21. The molecule has 27 heavy (non-hydrogen) atoms. The summed E-state index contributed by atoms with van der Waals surface area (Å²) in [5.41, 5.74) is -1.94. The lowest BCUT2D eigenvalue weighted by Crippen LogP contribution is -2.50. The van der Waals surface area contributed by atoms with Crippen LogP contribution in [0.3, 0.4) is 0 Å². The Hall–Kier alpha value is -2.88. The van der Waals surface area contributed by atoms with Gasteiger partial charge < -0.3 is 15.2 Å². The smallest absolute Gasteiger partial charge is 0.416 e. The molecule has 0 aliphatic carbocycles. The van der Waals surface area contributed by atoms with Crippen LogP contribution in [0.25, 0.3) is 5.69 Å². The Kier molecular flexibility index (Phi) is 5.89. The fraction of sp³-hybridized carbons (Fsp3) is 0.353. The first kappa shape index (κ1) is 20.4. The fourth-order valence-corrected chi connectivity index (χ4v) is 2.54. The van der Waals surface area contributed by atoms with Crippen molar-refractivity contribution in [2.75, 3.05) is 13.7 Å². The van der Waals surface area contributed by atoms with Crippen LogP contribution in [0.5, 0.6) is 0 Å². The number of ether oxygens (including phenoxy) is 1. The maximum absolute atomic E-state index is 12.8. The third-order valence-corrected chi connectivity index (χ3v) is 3.68. The first-order chi connectivity index (χ1) is 12.5. The number of carbonyl (C=O) groups is 2. The number of hydrogen-bond donors (Lipinski definition) is 2. The summed E-state index contributed by atoms with van der Waals surface area (Å²) >= 11 is 0. The number of rotatable bonds is 7. The highest BCUT2D eigenvalue weighted by Crippen LogP contribution is 2.30. The van der Waals surface area contributed by atoms with Gasteiger partial charge in [-0.2, -0.15) is 18.3 Å². The number of carboxylic acids is 1. The summed E-state index contributed by atoms with van der Waals surface area (Å²) in [5.74, 6) is -1.79. The molecule has 0 bridgehead atoms. The lowest BCUT2D eigenvalue weighted by atomic mass is 9.99. The molecule has 0 saturated heterocycles. The number of aromatic nitrogens is 2. The number of methoxy groups -OCH3 is 1. The zero-order valence-corrected chi connectivity index (χ0v) is 14.6. The van der Waals surface area contributed by atoms with Crippen LogP contribution >= 0.6 is 0 Å². The Labute approximate surface area is 152 Å². The molecule has 1 unspecified atom stereocenters. The van der Waals surface area contributed by atoms with Crippen LogP contribution < -0.4 is 5.32 Å². The van der Waals surface area contributed by atoms with Crippen LogP contribution in [-0.4, -0.2) is 46.0 Å². The van der Waals surface area contributed by atoms with Gasteiger partial charge in [0.25, 0.3) is 5.91 Å². The van der Waals surface area contributed by atoms with E-state index in [0.717, 1.165) is 16.8 Å². The van der Waals surface area contributed by atoms with E-state index in [4.69, 9.17) is 9.84 Å². The lowest BCUT2D eigenvalue weighted by Gasteiger charge is -2.28. The van der Waals surface area contributed by atoms with E-state index in [1.165, 1.54) is 38.4 Å². The van der Waals surface area contributed by atoms with Crippen molar-refractivity contribution in [2.45, 2.75) is 25.1 Å². The molecule has 10 heteroatoms. The van der Waals surface area contributed by atoms with Gasteiger partial charge in [-0.3, -0.25) is 9.59 Å². The molecule has 0 spiro atoms. The van der Waals surface area contributed by atoms with Crippen molar-refractivity contribution in [3.05, 3.63) is 47.8 Å². The van der Waals surface area contributed by atoms with E-state index >= 15 is 0 Å². The van der Waals surface area contributed by atoms with Gasteiger partial charge in [0.15, 0.2) is 5.69 Å². The van der Waals surface area contributed by atoms with Crippen LogP contribution in [0.2, 0.25) is 0 Å². The van der Waals surface area contributed by atoms with Crippen molar-refractivity contribution in [3.63, 3.8) is 0 Å². The number of halogens is 3. The first-order valence-corrected chi connectivity index (χ1v) is 7.81. The normalized spacial score (nSPS) is 13.8. The van der Waals surface area contributed by atoms with Crippen molar-refractivity contribution < 1.29 is 32.6 Å². The van der Waals surface area contributed by atoms with Gasteiger partial charge in [0.05, 0.1) is 29.8 Å². The lowest BCUT2D eigenvalue weighted by molar-refractivity contribution is -0.139. The quantitative estimate of drug-likeness (QED) is 0.764. The van der Waals surface area contributed by atoms with Gasteiger partial charge in [-0.25, -0.2) is 4.68 Å². The van der Waals surface area contributed by atoms with E-state index in [2.05, 4.69) is 10.4 Å². The zero-order valence-electron chi connectivity index (χ0n) is 14.6. The minimum absolute atomic E-state index is 0.0423. The van der Waals surface area contributed by atoms with Crippen molar-refractivity contribution in [1.82, 2.24) is 15.1 Å². The van der Waals surface area contributed by atoms with Crippen molar-refractivity contribution in [3.8, 4) is 5.69 Å². The molecule has 146 valence electrons. The second-order valence-corrected chi connectivity index (χ2v) is 6.21. The molecular formula is C17H18F3N3O4. The van der Waals surface area contributed by atoms with E-state index in [1.54, 1.807) is 0 Å². The molecule has 1 atom stereocenters. The molecule has 1 heterocycles. The van der Waals surface area contributed by atoms with Crippen LogP contribution in [0.15, 0.2) is 36.5 Å². The van der Waals surface area contributed by atoms with Crippen LogP contribution in [0, 0.1) is 0 Å². The van der Waals surface area contributed by atoms with Gasteiger partial charge in [0, 0.05) is 13.3 Å². The molecular weight excluding hydrogens is 367 g/mol. The summed E-state index contributed by atoms with van der Waals surface area (Å²) in [4.78, 5) is 23.4. The highest BCUT2D eigenvalue weighted by molar-refractivity contribution is 5.93. The summed E-state index contributed by atoms with van der Waals surface area (Å²) < 4.78 is 44.6. The van der Waals surface area contributed by atoms with Gasteiger partial charge in [0.1, 0.15) is 0 Å². The Balaban J connectivity index is 2.22. The first-order valence-electron chi connectivity index (χ1n) is 7.81. The third-order valence-electron chi connectivity index (χ3n) is 3.68. The average Bonchev–Trinajstić information content (AvgIpc) is 3.03. The molecule has 0 aliphatic heterocycles. The summed E-state index contributed by atoms with van der Waals surface area (Å²) in [5, 5.41) is 15.5. The SMILES string of the molecule is COCC(C)(CC(=O)O)NC(=O)c1ccn(-c2cccc(C(F)(F)F)c2)n1. The predicted octanol–water partition coefficient (Wildman–Crippen LogP) is 2.50. The maximum Gasteiger partial charge on any atom is 0.416 e. The summed E-state index contributed by atoms with van der Waals surface area (Å²) in [7, 11) is 1.37. The topological polar surface area (TPSA) is 93.5 Å². The van der Waals surface area contributed by atoms with Crippen molar-refractivity contribution >= 4 is 11.9 Å². The van der Waals surface area contributed by atoms with Crippen molar-refractivity contribution in [1.29, 1.82) is 0 Å². The number of amides is 1. The molecule has 2 N–H and O–H groups in total. The molecule has 1 amide bonds. The molecule has 1 aromatic carbocycles. The molecule has 0 radical (unpaired) electrons. The van der Waals surface area contributed by atoms with E-state index in [9.17, 15) is 22.8 Å². The highest BCUT2D eigenvalue weighted by Gasteiger charge is 2.32. The van der Waals surface area contributed by atoms with Gasteiger partial charge in [-0.1, -0.05) is 6.07 Å². The number of benzene rings is 1. The van der Waals surface area contributed by atoms with E-state index in [1.807, 2.05) is 0 Å². The predicted molar refractivity (Wildman–Crippen MR) is 88.6 cm³/mol. The van der Waals surface area contributed by atoms with Crippen LogP contribution in [0.1, 0.15) is 29.4 Å². The Morgan fingerprint density at radius 2 is 2.00 bits per heavy atom. The average molecular weight is 385 g/mol. The number of nitrogens with one attached hydrogen (secondary N) is 1. The van der Waals surface area contributed by atoms with Gasteiger partial charge in [0.2, 0.25) is 0 Å². The number of carbonyl (C=O) groups excluding carboxylic acids is 1. The maximum atomic E-state index is 12.8. The Morgan fingerprint density at radius 3 is 2.59 bits per heavy atom. The molecule has 1 aromatic heterocycles.